The molecule has 158 valence electrons. The highest BCUT2D eigenvalue weighted by Gasteiger charge is 2.21. The average Bonchev–Trinajstić information content (AvgIpc) is 2.75. The van der Waals surface area contributed by atoms with Crippen LogP contribution in [0, 0.1) is 6.92 Å². The first-order valence-corrected chi connectivity index (χ1v) is 9.42. The third kappa shape index (κ3) is 7.05. The van der Waals surface area contributed by atoms with Gasteiger partial charge in [-0.05, 0) is 38.1 Å². The second kappa shape index (κ2) is 11.4. The Hall–Kier alpha value is -3.68. The molecule has 0 heterocycles. The molecule has 1 N–H and O–H groups in total. The lowest BCUT2D eigenvalue weighted by molar-refractivity contribution is -0.147. The summed E-state index contributed by atoms with van der Waals surface area (Å²) in [6, 6.07) is 15.4. The molecule has 0 atom stereocenters. The molecule has 8 nitrogen and oxygen atoms in total. The van der Waals surface area contributed by atoms with E-state index in [0.717, 1.165) is 5.56 Å². The number of esters is 2. The second-order valence-corrected chi connectivity index (χ2v) is 6.33. The number of rotatable bonds is 9. The molecule has 2 aromatic rings. The van der Waals surface area contributed by atoms with Crippen LogP contribution < -0.4 is 10.2 Å². The number of hydrogen-bond acceptors (Lipinski definition) is 6. The van der Waals surface area contributed by atoms with E-state index < -0.39 is 30.4 Å². The zero-order chi connectivity index (χ0) is 21.9. The average molecular weight is 412 g/mol. The third-order valence-corrected chi connectivity index (χ3v) is 4.03. The van der Waals surface area contributed by atoms with Gasteiger partial charge >= 0.3 is 11.9 Å². The number of amides is 2. The number of carbonyl (C=O) groups is 4. The van der Waals surface area contributed by atoms with Gasteiger partial charge in [0.05, 0.1) is 6.61 Å². The molecule has 0 aromatic heterocycles. The fourth-order valence-electron chi connectivity index (χ4n) is 2.50. The van der Waals surface area contributed by atoms with Crippen molar-refractivity contribution in [1.29, 1.82) is 0 Å². The minimum atomic E-state index is -0.770. The molecule has 2 rings (SSSR count). The van der Waals surface area contributed by atoms with Crippen LogP contribution in [-0.2, 0) is 23.9 Å². The van der Waals surface area contributed by atoms with Gasteiger partial charge in [-0.15, -0.1) is 0 Å². The van der Waals surface area contributed by atoms with Crippen molar-refractivity contribution in [3.63, 3.8) is 0 Å². The van der Waals surface area contributed by atoms with Gasteiger partial charge in [-0.2, -0.15) is 0 Å². The molecule has 0 bridgehead atoms. The van der Waals surface area contributed by atoms with Crippen LogP contribution >= 0.6 is 0 Å². The summed E-state index contributed by atoms with van der Waals surface area (Å²) in [5.74, 6) is -2.36. The summed E-state index contributed by atoms with van der Waals surface area (Å²) in [6.07, 6.45) is 0. The predicted molar refractivity (Wildman–Crippen MR) is 110 cm³/mol. The molecule has 0 radical (unpaired) electrons. The van der Waals surface area contributed by atoms with Gasteiger partial charge < -0.3 is 14.8 Å². The Morgan fingerprint density at radius 1 is 0.900 bits per heavy atom. The standard InChI is InChI=1S/C22H24N2O6/c1-3-29-21(27)14-24(18-7-5-4-6-8-18)19(25)15-30-20(26)13-23-22(28)17-11-9-16(2)10-12-17/h4-12H,3,13-15H2,1-2H3,(H,23,28). The monoisotopic (exact) mass is 412 g/mol. The smallest absolute Gasteiger partial charge is 0.326 e. The largest absolute Gasteiger partial charge is 0.465 e. The second-order valence-electron chi connectivity index (χ2n) is 6.33. The molecule has 0 aliphatic heterocycles. The number of aryl methyl sites for hydroxylation is 1. The molecule has 2 amide bonds. The Morgan fingerprint density at radius 3 is 2.20 bits per heavy atom. The molecular weight excluding hydrogens is 388 g/mol. The molecule has 0 saturated heterocycles. The molecule has 0 aliphatic rings. The fourth-order valence-corrected chi connectivity index (χ4v) is 2.50. The first kappa shape index (κ1) is 22.6. The Kier molecular flexibility index (Phi) is 8.56. The molecule has 8 heteroatoms. The van der Waals surface area contributed by atoms with Gasteiger partial charge in [-0.3, -0.25) is 24.1 Å². The highest BCUT2D eigenvalue weighted by molar-refractivity contribution is 5.99. The molecule has 2 aromatic carbocycles. The van der Waals surface area contributed by atoms with E-state index in [4.69, 9.17) is 9.47 Å². The van der Waals surface area contributed by atoms with Gasteiger partial charge in [0.15, 0.2) is 6.61 Å². The maximum atomic E-state index is 12.5. The highest BCUT2D eigenvalue weighted by atomic mass is 16.5. The van der Waals surface area contributed by atoms with Crippen molar-refractivity contribution in [3.05, 3.63) is 65.7 Å². The Balaban J connectivity index is 1.88. The van der Waals surface area contributed by atoms with Gasteiger partial charge in [0.2, 0.25) is 0 Å². The zero-order valence-electron chi connectivity index (χ0n) is 16.9. The Morgan fingerprint density at radius 2 is 1.57 bits per heavy atom. The number of para-hydroxylation sites is 1. The van der Waals surface area contributed by atoms with E-state index in [2.05, 4.69) is 5.32 Å². The van der Waals surface area contributed by atoms with E-state index in [9.17, 15) is 19.2 Å². The van der Waals surface area contributed by atoms with Crippen molar-refractivity contribution in [2.75, 3.05) is 31.2 Å². The van der Waals surface area contributed by atoms with Crippen molar-refractivity contribution in [2.24, 2.45) is 0 Å². The van der Waals surface area contributed by atoms with Crippen LogP contribution in [0.15, 0.2) is 54.6 Å². The maximum absolute atomic E-state index is 12.5. The first-order chi connectivity index (χ1) is 14.4. The van der Waals surface area contributed by atoms with Crippen LogP contribution in [0.1, 0.15) is 22.8 Å². The van der Waals surface area contributed by atoms with Crippen molar-refractivity contribution in [1.82, 2.24) is 5.32 Å². The summed E-state index contributed by atoms with van der Waals surface area (Å²) in [6.45, 7) is 2.48. The lowest BCUT2D eigenvalue weighted by Gasteiger charge is -2.21. The first-order valence-electron chi connectivity index (χ1n) is 9.42. The summed E-state index contributed by atoms with van der Waals surface area (Å²) in [5.41, 5.74) is 1.89. The maximum Gasteiger partial charge on any atom is 0.326 e. The molecule has 0 aliphatic carbocycles. The predicted octanol–water partition coefficient (Wildman–Crippen LogP) is 1.86. The molecule has 0 unspecified atom stereocenters. The van der Waals surface area contributed by atoms with Gasteiger partial charge in [0, 0.05) is 11.3 Å². The van der Waals surface area contributed by atoms with Crippen LogP contribution in [0.2, 0.25) is 0 Å². The van der Waals surface area contributed by atoms with Crippen molar-refractivity contribution in [2.45, 2.75) is 13.8 Å². The lowest BCUT2D eigenvalue weighted by Crippen LogP contribution is -2.40. The summed E-state index contributed by atoms with van der Waals surface area (Å²) >= 11 is 0. The summed E-state index contributed by atoms with van der Waals surface area (Å²) in [5, 5.41) is 2.44. The number of nitrogens with one attached hydrogen (secondary N) is 1. The molecule has 0 fully saturated rings. The number of benzene rings is 2. The number of anilines is 1. The van der Waals surface area contributed by atoms with Crippen LogP contribution in [0.3, 0.4) is 0 Å². The Bertz CT molecular complexity index is 880. The van der Waals surface area contributed by atoms with E-state index in [1.807, 2.05) is 6.92 Å². The minimum Gasteiger partial charge on any atom is -0.465 e. The zero-order valence-corrected chi connectivity index (χ0v) is 16.9. The van der Waals surface area contributed by atoms with E-state index in [0.29, 0.717) is 11.3 Å². The van der Waals surface area contributed by atoms with Crippen molar-refractivity contribution < 1.29 is 28.7 Å². The summed E-state index contributed by atoms with van der Waals surface area (Å²) < 4.78 is 9.85. The van der Waals surface area contributed by atoms with Crippen LogP contribution in [0.4, 0.5) is 5.69 Å². The minimum absolute atomic E-state index is 0.186. The van der Waals surface area contributed by atoms with Crippen LogP contribution in [0.25, 0.3) is 0 Å². The molecule has 30 heavy (non-hydrogen) atoms. The van der Waals surface area contributed by atoms with E-state index >= 15 is 0 Å². The number of carbonyl (C=O) groups excluding carboxylic acids is 4. The topological polar surface area (TPSA) is 102 Å². The van der Waals surface area contributed by atoms with Crippen LogP contribution in [-0.4, -0.2) is 50.1 Å². The van der Waals surface area contributed by atoms with Gasteiger partial charge in [-0.25, -0.2) is 0 Å². The normalized spacial score (nSPS) is 10.1. The van der Waals surface area contributed by atoms with E-state index in [-0.39, 0.29) is 19.7 Å². The number of ether oxygens (including phenoxy) is 2. The number of nitrogens with zero attached hydrogens (tertiary/aromatic N) is 1. The van der Waals surface area contributed by atoms with E-state index in [1.54, 1.807) is 61.5 Å². The van der Waals surface area contributed by atoms with E-state index in [1.165, 1.54) is 4.90 Å². The summed E-state index contributed by atoms with van der Waals surface area (Å²) in [7, 11) is 0. The van der Waals surface area contributed by atoms with Gasteiger partial charge in [-0.1, -0.05) is 35.9 Å². The molecule has 0 spiro atoms. The third-order valence-electron chi connectivity index (χ3n) is 4.03. The quantitative estimate of drug-likeness (QED) is 0.631. The highest BCUT2D eigenvalue weighted by Crippen LogP contribution is 2.13. The lowest BCUT2D eigenvalue weighted by atomic mass is 10.1. The van der Waals surface area contributed by atoms with Crippen LogP contribution in [0.5, 0.6) is 0 Å². The fraction of sp³-hybridized carbons (Fsp3) is 0.273. The molecule has 0 saturated carbocycles. The van der Waals surface area contributed by atoms with Gasteiger partial charge in [0.25, 0.3) is 11.8 Å². The Labute approximate surface area is 174 Å². The molecular formula is C22H24N2O6. The van der Waals surface area contributed by atoms with Crippen molar-refractivity contribution >= 4 is 29.4 Å². The number of hydrogen-bond donors (Lipinski definition) is 1. The van der Waals surface area contributed by atoms with Gasteiger partial charge in [0.1, 0.15) is 13.1 Å². The van der Waals surface area contributed by atoms with Crippen molar-refractivity contribution in [3.8, 4) is 0 Å². The SMILES string of the molecule is CCOC(=O)CN(C(=O)COC(=O)CNC(=O)c1ccc(C)cc1)c1ccccc1. The summed E-state index contributed by atoms with van der Waals surface area (Å²) in [4.78, 5) is 49.5.